The fraction of sp³-hybridized carbons (Fsp3) is 0.538. The molecule has 17 heavy (non-hydrogen) atoms. The van der Waals surface area contributed by atoms with Crippen LogP contribution in [0.25, 0.3) is 0 Å². The molecular formula is C13H17FO3. The molecule has 1 aromatic rings. The van der Waals surface area contributed by atoms with Crippen molar-refractivity contribution in [2.75, 3.05) is 6.61 Å². The van der Waals surface area contributed by atoms with Crippen LogP contribution >= 0.6 is 0 Å². The van der Waals surface area contributed by atoms with E-state index < -0.39 is 6.10 Å². The summed E-state index contributed by atoms with van der Waals surface area (Å²) in [7, 11) is 0. The maximum atomic E-state index is 13.3. The van der Waals surface area contributed by atoms with Crippen LogP contribution in [0, 0.1) is 5.82 Å². The van der Waals surface area contributed by atoms with Crippen molar-refractivity contribution in [3.8, 4) is 0 Å². The zero-order valence-corrected chi connectivity index (χ0v) is 9.80. The lowest BCUT2D eigenvalue weighted by Gasteiger charge is -2.40. The molecule has 1 aromatic carbocycles. The van der Waals surface area contributed by atoms with Gasteiger partial charge in [0.25, 0.3) is 0 Å². The Morgan fingerprint density at radius 3 is 2.76 bits per heavy atom. The molecule has 1 aliphatic carbocycles. The predicted octanol–water partition coefficient (Wildman–Crippen LogP) is 1.88. The van der Waals surface area contributed by atoms with Gasteiger partial charge in [0.05, 0.1) is 18.8 Å². The van der Waals surface area contributed by atoms with Crippen molar-refractivity contribution < 1.29 is 19.0 Å². The van der Waals surface area contributed by atoms with Crippen LogP contribution in [-0.2, 0) is 16.1 Å². The number of hydrogen-bond donors (Lipinski definition) is 1. The monoisotopic (exact) mass is 240 g/mol. The number of halogens is 1. The molecule has 0 aromatic heterocycles. The van der Waals surface area contributed by atoms with Gasteiger partial charge in [-0.1, -0.05) is 18.2 Å². The minimum Gasteiger partial charge on any atom is -0.390 e. The number of ether oxygens (including phenoxy) is 2. The summed E-state index contributed by atoms with van der Waals surface area (Å²) in [6, 6.07) is 6.53. The highest BCUT2D eigenvalue weighted by Gasteiger charge is 2.41. The summed E-state index contributed by atoms with van der Waals surface area (Å²) >= 11 is 0. The Morgan fingerprint density at radius 2 is 2.12 bits per heavy atom. The second-order valence-electron chi connectivity index (χ2n) is 4.16. The van der Waals surface area contributed by atoms with Crippen molar-refractivity contribution in [1.29, 1.82) is 0 Å². The third-order valence-corrected chi connectivity index (χ3v) is 2.99. The number of aliphatic hydroxyl groups is 1. The van der Waals surface area contributed by atoms with E-state index in [-0.39, 0.29) is 24.6 Å². The average Bonchev–Trinajstić information content (AvgIpc) is 2.33. The number of benzene rings is 1. The van der Waals surface area contributed by atoms with E-state index in [1.807, 2.05) is 6.92 Å². The largest absolute Gasteiger partial charge is 0.390 e. The standard InChI is InChI=1S/C13H17FO3/c1-2-16-13-11(15)7-12(13)17-8-9-5-3-4-6-10(9)14/h3-6,11-13,15H,2,7-8H2,1H3. The van der Waals surface area contributed by atoms with Crippen LogP contribution < -0.4 is 0 Å². The van der Waals surface area contributed by atoms with Gasteiger partial charge in [0, 0.05) is 18.6 Å². The van der Waals surface area contributed by atoms with Gasteiger partial charge in [0.1, 0.15) is 11.9 Å². The Labute approximate surface area is 100 Å². The van der Waals surface area contributed by atoms with Gasteiger partial charge in [-0.25, -0.2) is 4.39 Å². The molecular weight excluding hydrogens is 223 g/mol. The van der Waals surface area contributed by atoms with Crippen molar-refractivity contribution in [1.82, 2.24) is 0 Å². The van der Waals surface area contributed by atoms with Gasteiger partial charge < -0.3 is 14.6 Å². The lowest BCUT2D eigenvalue weighted by Crippen LogP contribution is -2.53. The minimum absolute atomic E-state index is 0.135. The third kappa shape index (κ3) is 2.83. The molecule has 0 spiro atoms. The zero-order valence-electron chi connectivity index (χ0n) is 9.80. The third-order valence-electron chi connectivity index (χ3n) is 2.99. The van der Waals surface area contributed by atoms with Crippen molar-refractivity contribution >= 4 is 0 Å². The Hall–Kier alpha value is -0.970. The van der Waals surface area contributed by atoms with Gasteiger partial charge in [-0.2, -0.15) is 0 Å². The average molecular weight is 240 g/mol. The minimum atomic E-state index is -0.458. The van der Waals surface area contributed by atoms with Crippen LogP contribution in [0.5, 0.6) is 0 Å². The molecule has 0 amide bonds. The van der Waals surface area contributed by atoms with Crippen LogP contribution in [-0.4, -0.2) is 30.0 Å². The van der Waals surface area contributed by atoms with Gasteiger partial charge in [0.2, 0.25) is 0 Å². The highest BCUT2D eigenvalue weighted by Crippen LogP contribution is 2.28. The van der Waals surface area contributed by atoms with Crippen LogP contribution in [0.2, 0.25) is 0 Å². The number of hydrogen-bond acceptors (Lipinski definition) is 3. The maximum absolute atomic E-state index is 13.3. The van der Waals surface area contributed by atoms with Crippen molar-refractivity contribution in [2.24, 2.45) is 0 Å². The molecule has 94 valence electrons. The molecule has 1 fully saturated rings. The predicted molar refractivity (Wildman–Crippen MR) is 61.0 cm³/mol. The summed E-state index contributed by atoms with van der Waals surface area (Å²) in [5, 5.41) is 9.48. The molecule has 0 heterocycles. The molecule has 1 N–H and O–H groups in total. The summed E-state index contributed by atoms with van der Waals surface area (Å²) in [6.07, 6.45) is -0.309. The first-order valence-electron chi connectivity index (χ1n) is 5.87. The number of aliphatic hydroxyl groups excluding tert-OH is 1. The lowest BCUT2D eigenvalue weighted by atomic mass is 9.88. The summed E-state index contributed by atoms with van der Waals surface area (Å²) in [4.78, 5) is 0. The highest BCUT2D eigenvalue weighted by molar-refractivity contribution is 5.16. The van der Waals surface area contributed by atoms with E-state index in [1.165, 1.54) is 6.07 Å². The zero-order chi connectivity index (χ0) is 12.3. The van der Waals surface area contributed by atoms with Crippen molar-refractivity contribution in [3.63, 3.8) is 0 Å². The fourth-order valence-electron chi connectivity index (χ4n) is 1.94. The molecule has 3 atom stereocenters. The fourth-order valence-corrected chi connectivity index (χ4v) is 1.94. The molecule has 0 radical (unpaired) electrons. The van der Waals surface area contributed by atoms with Gasteiger partial charge in [-0.05, 0) is 13.0 Å². The van der Waals surface area contributed by atoms with E-state index in [1.54, 1.807) is 18.2 Å². The quantitative estimate of drug-likeness (QED) is 0.854. The van der Waals surface area contributed by atoms with Crippen LogP contribution in [0.4, 0.5) is 4.39 Å². The first-order valence-corrected chi connectivity index (χ1v) is 5.87. The molecule has 1 aliphatic rings. The SMILES string of the molecule is CCOC1C(O)CC1OCc1ccccc1F. The van der Waals surface area contributed by atoms with Crippen LogP contribution in [0.1, 0.15) is 18.9 Å². The van der Waals surface area contributed by atoms with E-state index in [9.17, 15) is 9.50 Å². The van der Waals surface area contributed by atoms with Gasteiger partial charge in [-0.3, -0.25) is 0 Å². The molecule has 2 rings (SSSR count). The van der Waals surface area contributed by atoms with Crippen LogP contribution in [0.15, 0.2) is 24.3 Å². The number of rotatable bonds is 5. The molecule has 0 saturated heterocycles. The first kappa shape index (κ1) is 12.5. The Bertz CT molecular complexity index is 369. The van der Waals surface area contributed by atoms with E-state index in [2.05, 4.69) is 0 Å². The Kier molecular flexibility index (Phi) is 4.10. The highest BCUT2D eigenvalue weighted by atomic mass is 19.1. The summed E-state index contributed by atoms with van der Waals surface area (Å²) < 4.78 is 24.2. The first-order chi connectivity index (χ1) is 8.22. The van der Waals surface area contributed by atoms with E-state index >= 15 is 0 Å². The molecule has 3 nitrogen and oxygen atoms in total. The molecule has 4 heteroatoms. The smallest absolute Gasteiger partial charge is 0.128 e. The summed E-state index contributed by atoms with van der Waals surface area (Å²) in [5.74, 6) is -0.264. The van der Waals surface area contributed by atoms with Gasteiger partial charge in [-0.15, -0.1) is 0 Å². The summed E-state index contributed by atoms with van der Waals surface area (Å²) in [6.45, 7) is 2.63. The topological polar surface area (TPSA) is 38.7 Å². The van der Waals surface area contributed by atoms with Gasteiger partial charge >= 0.3 is 0 Å². The normalized spacial score (nSPS) is 27.8. The Morgan fingerprint density at radius 1 is 1.35 bits per heavy atom. The van der Waals surface area contributed by atoms with Crippen molar-refractivity contribution in [3.05, 3.63) is 35.6 Å². The Balaban J connectivity index is 1.85. The summed E-state index contributed by atoms with van der Waals surface area (Å²) in [5.41, 5.74) is 0.532. The maximum Gasteiger partial charge on any atom is 0.128 e. The molecule has 0 aliphatic heterocycles. The second-order valence-corrected chi connectivity index (χ2v) is 4.16. The van der Waals surface area contributed by atoms with E-state index in [4.69, 9.17) is 9.47 Å². The second kappa shape index (κ2) is 5.58. The van der Waals surface area contributed by atoms with Crippen LogP contribution in [0.3, 0.4) is 0 Å². The molecule has 1 saturated carbocycles. The molecule has 0 bridgehead atoms. The van der Waals surface area contributed by atoms with E-state index in [0.717, 1.165) is 0 Å². The lowest BCUT2D eigenvalue weighted by molar-refractivity contribution is -0.194. The van der Waals surface area contributed by atoms with Crippen molar-refractivity contribution in [2.45, 2.75) is 38.3 Å². The van der Waals surface area contributed by atoms with Gasteiger partial charge in [0.15, 0.2) is 0 Å². The molecule has 3 unspecified atom stereocenters. The van der Waals surface area contributed by atoms with E-state index in [0.29, 0.717) is 18.6 Å².